The molecule has 2 aliphatic heterocycles. The van der Waals surface area contributed by atoms with Gasteiger partial charge < -0.3 is 24.4 Å². The van der Waals surface area contributed by atoms with E-state index in [-0.39, 0.29) is 40.6 Å². The van der Waals surface area contributed by atoms with Gasteiger partial charge in [-0.05, 0) is 12.5 Å². The molecule has 2 fully saturated rings. The fourth-order valence-corrected chi connectivity index (χ4v) is 9.78. The number of aromatic nitrogens is 2. The fraction of sp³-hybridized carbons (Fsp3) is 0.789. The van der Waals surface area contributed by atoms with Crippen molar-refractivity contribution < 1.29 is 18.7 Å². The first-order chi connectivity index (χ1) is 12.9. The van der Waals surface area contributed by atoms with Crippen molar-refractivity contribution in [3.8, 4) is 0 Å². The van der Waals surface area contributed by atoms with Gasteiger partial charge in [-0.1, -0.05) is 41.5 Å². The summed E-state index contributed by atoms with van der Waals surface area (Å²) in [5.74, 6) is -0.0135. The predicted molar refractivity (Wildman–Crippen MR) is 108 cm³/mol. The number of nitrogens with two attached hydrogens (primary N) is 1. The maximum absolute atomic E-state index is 12.4. The summed E-state index contributed by atoms with van der Waals surface area (Å²) in [6, 6.07) is 1.57. The van der Waals surface area contributed by atoms with Crippen LogP contribution in [0.15, 0.2) is 17.1 Å². The Bertz CT molecular complexity index is 756. The number of anilines is 1. The average molecular weight is 412 g/mol. The van der Waals surface area contributed by atoms with Crippen molar-refractivity contribution in [2.45, 2.75) is 76.5 Å². The molecule has 3 N–H and O–H groups in total. The van der Waals surface area contributed by atoms with E-state index >= 15 is 0 Å². The van der Waals surface area contributed by atoms with Crippen molar-refractivity contribution >= 4 is 14.4 Å². The molecular formula is C19H33N3O5Si. The molecule has 0 aromatic carbocycles. The highest BCUT2D eigenvalue weighted by molar-refractivity contribution is 6.73. The van der Waals surface area contributed by atoms with E-state index in [0.717, 1.165) is 0 Å². The summed E-state index contributed by atoms with van der Waals surface area (Å²) in [5.41, 5.74) is 5.15. The van der Waals surface area contributed by atoms with E-state index < -0.39 is 20.5 Å². The third kappa shape index (κ3) is 3.43. The minimum Gasteiger partial charge on any atom is -0.396 e. The van der Waals surface area contributed by atoms with Crippen LogP contribution in [0.25, 0.3) is 0 Å². The van der Waals surface area contributed by atoms with E-state index in [4.69, 9.17) is 19.3 Å². The Balaban J connectivity index is 2.00. The van der Waals surface area contributed by atoms with E-state index in [1.807, 2.05) is 0 Å². The molecule has 0 amide bonds. The lowest BCUT2D eigenvalue weighted by molar-refractivity contribution is -0.0808. The SMILES string of the molecule is CC(C)(C)[Si]1(C(C)(C)C)OC[C@H]2O[C@@H](n3ccc(N)nc3=O)[C@H](CCO)[C@@H]2O1. The van der Waals surface area contributed by atoms with E-state index in [1.165, 1.54) is 4.57 Å². The molecule has 9 heteroatoms. The Hall–Kier alpha value is -1.26. The molecule has 0 aliphatic carbocycles. The largest absolute Gasteiger partial charge is 0.396 e. The molecule has 4 atom stereocenters. The number of aliphatic hydroxyl groups excluding tert-OH is 1. The molecular weight excluding hydrogens is 378 g/mol. The number of nitrogens with zero attached hydrogens (tertiary/aromatic N) is 2. The molecule has 158 valence electrons. The summed E-state index contributed by atoms with van der Waals surface area (Å²) < 4.78 is 20.9. The van der Waals surface area contributed by atoms with Crippen LogP contribution < -0.4 is 11.4 Å². The number of ether oxygens (including phenoxy) is 1. The van der Waals surface area contributed by atoms with Crippen LogP contribution in [0, 0.1) is 5.92 Å². The summed E-state index contributed by atoms with van der Waals surface area (Å²) in [7, 11) is -2.68. The first kappa shape index (κ1) is 21.4. The topological polar surface area (TPSA) is 109 Å². The average Bonchev–Trinajstić information content (AvgIpc) is 2.90. The molecule has 0 saturated carbocycles. The van der Waals surface area contributed by atoms with Crippen molar-refractivity contribution in [1.82, 2.24) is 9.55 Å². The summed E-state index contributed by atoms with van der Waals surface area (Å²) in [6.45, 7) is 13.4. The van der Waals surface area contributed by atoms with Crippen molar-refractivity contribution in [1.29, 1.82) is 0 Å². The molecule has 2 aliphatic rings. The third-order valence-electron chi connectivity index (χ3n) is 5.78. The Kier molecular flexibility index (Phi) is 5.52. The molecule has 2 saturated heterocycles. The molecule has 28 heavy (non-hydrogen) atoms. The highest BCUT2D eigenvalue weighted by atomic mass is 28.4. The molecule has 0 unspecified atom stereocenters. The first-order valence-corrected chi connectivity index (χ1v) is 11.7. The van der Waals surface area contributed by atoms with Crippen molar-refractivity contribution in [3.05, 3.63) is 22.7 Å². The zero-order valence-corrected chi connectivity index (χ0v) is 18.6. The quantitative estimate of drug-likeness (QED) is 0.734. The van der Waals surface area contributed by atoms with Gasteiger partial charge in [0, 0.05) is 28.8 Å². The van der Waals surface area contributed by atoms with Crippen LogP contribution in [0.3, 0.4) is 0 Å². The molecule has 8 nitrogen and oxygen atoms in total. The van der Waals surface area contributed by atoms with Crippen LogP contribution in [0.1, 0.15) is 54.2 Å². The third-order valence-corrected chi connectivity index (χ3v) is 10.9. The normalized spacial score (nSPS) is 30.2. The second kappa shape index (κ2) is 7.21. The Morgan fingerprint density at radius 3 is 2.46 bits per heavy atom. The Morgan fingerprint density at radius 1 is 1.29 bits per heavy atom. The summed E-state index contributed by atoms with van der Waals surface area (Å²) in [4.78, 5) is 16.2. The molecule has 1 aromatic rings. The number of hydrogen-bond donors (Lipinski definition) is 2. The monoisotopic (exact) mass is 411 g/mol. The number of fused-ring (bicyclic) bond motifs is 1. The summed E-state index contributed by atoms with van der Waals surface area (Å²) in [5, 5.41) is 9.38. The number of nitrogen functional groups attached to an aromatic ring is 1. The summed E-state index contributed by atoms with van der Waals surface area (Å²) >= 11 is 0. The van der Waals surface area contributed by atoms with Gasteiger partial charge >= 0.3 is 14.3 Å². The minimum atomic E-state index is -2.68. The Morgan fingerprint density at radius 2 is 1.93 bits per heavy atom. The molecule has 3 rings (SSSR count). The van der Waals surface area contributed by atoms with E-state index in [0.29, 0.717) is 13.0 Å². The highest BCUT2D eigenvalue weighted by Crippen LogP contribution is 2.56. The van der Waals surface area contributed by atoms with Gasteiger partial charge in [-0.3, -0.25) is 4.57 Å². The number of aliphatic hydroxyl groups is 1. The highest BCUT2D eigenvalue weighted by Gasteiger charge is 2.64. The van der Waals surface area contributed by atoms with Crippen molar-refractivity contribution in [2.24, 2.45) is 5.92 Å². The fourth-order valence-electron chi connectivity index (χ4n) is 4.78. The van der Waals surface area contributed by atoms with Crippen LogP contribution in [-0.4, -0.2) is 48.6 Å². The van der Waals surface area contributed by atoms with Crippen molar-refractivity contribution in [3.63, 3.8) is 0 Å². The molecule has 0 radical (unpaired) electrons. The van der Waals surface area contributed by atoms with Gasteiger partial charge in [-0.25, -0.2) is 4.79 Å². The maximum Gasteiger partial charge on any atom is 0.351 e. The van der Waals surface area contributed by atoms with E-state index in [9.17, 15) is 9.90 Å². The van der Waals surface area contributed by atoms with Crippen LogP contribution in [0.5, 0.6) is 0 Å². The first-order valence-electron chi connectivity index (χ1n) is 9.84. The van der Waals surface area contributed by atoms with Gasteiger partial charge in [-0.2, -0.15) is 4.98 Å². The van der Waals surface area contributed by atoms with E-state index in [1.54, 1.807) is 12.3 Å². The lowest BCUT2D eigenvalue weighted by atomic mass is 9.96. The lowest BCUT2D eigenvalue weighted by Gasteiger charge is -2.54. The summed E-state index contributed by atoms with van der Waals surface area (Å²) in [6.07, 6.45) is 0.935. The molecule has 1 aromatic heterocycles. The second-order valence-electron chi connectivity index (χ2n) is 9.79. The molecule has 0 spiro atoms. The number of hydrogen-bond acceptors (Lipinski definition) is 7. The van der Waals surface area contributed by atoms with Crippen molar-refractivity contribution in [2.75, 3.05) is 18.9 Å². The van der Waals surface area contributed by atoms with Crippen LogP contribution in [0.4, 0.5) is 5.82 Å². The molecule has 0 bridgehead atoms. The van der Waals surface area contributed by atoms with Crippen LogP contribution in [-0.2, 0) is 13.6 Å². The van der Waals surface area contributed by atoms with E-state index in [2.05, 4.69) is 46.5 Å². The lowest BCUT2D eigenvalue weighted by Crippen LogP contribution is -2.64. The standard InChI is InChI=1S/C19H33N3O5Si/c1-18(2,3)28(19(4,5)6)25-11-13-15(27-28)12(8-10-23)16(26-13)22-9-7-14(20)21-17(22)24/h7,9,12-13,15-16,23H,8,10-11H2,1-6H3,(H2,20,21,24)/t12-,13-,15+,16-/m1/s1. The van der Waals surface area contributed by atoms with Gasteiger partial charge in [0.05, 0.1) is 12.7 Å². The van der Waals surface area contributed by atoms with Gasteiger partial charge in [0.15, 0.2) is 0 Å². The van der Waals surface area contributed by atoms with Gasteiger partial charge in [0.25, 0.3) is 0 Å². The predicted octanol–water partition coefficient (Wildman–Crippen LogP) is 2.18. The van der Waals surface area contributed by atoms with Gasteiger partial charge in [0.1, 0.15) is 18.1 Å². The maximum atomic E-state index is 12.4. The van der Waals surface area contributed by atoms with Gasteiger partial charge in [0.2, 0.25) is 0 Å². The van der Waals surface area contributed by atoms with Crippen LogP contribution in [0.2, 0.25) is 10.1 Å². The smallest absolute Gasteiger partial charge is 0.351 e. The number of rotatable bonds is 3. The molecule has 3 heterocycles. The van der Waals surface area contributed by atoms with Crippen LogP contribution >= 0.6 is 0 Å². The zero-order chi connectivity index (χ0) is 20.9. The Labute approximate surface area is 167 Å². The zero-order valence-electron chi connectivity index (χ0n) is 17.6. The van der Waals surface area contributed by atoms with Gasteiger partial charge in [-0.15, -0.1) is 0 Å². The second-order valence-corrected chi connectivity index (χ2v) is 14.6. The minimum absolute atomic E-state index is 0.0191.